The molecular formula is C61H42N2S. The number of anilines is 3. The molecule has 0 fully saturated rings. The second kappa shape index (κ2) is 14.2. The number of aromatic nitrogens is 1. The molecule has 302 valence electrons. The van der Waals surface area contributed by atoms with Gasteiger partial charge in [-0.15, -0.1) is 11.3 Å². The molecule has 10 aromatic carbocycles. The normalized spacial score (nSPS) is 13.0. The molecule has 0 saturated heterocycles. The minimum Gasteiger partial charge on any atom is -0.310 e. The Hall–Kier alpha value is -7.72. The van der Waals surface area contributed by atoms with E-state index in [0.29, 0.717) is 0 Å². The highest BCUT2D eigenvalue weighted by molar-refractivity contribution is 7.25. The van der Waals surface area contributed by atoms with Crippen molar-refractivity contribution in [3.63, 3.8) is 0 Å². The Bertz CT molecular complexity index is 3810. The van der Waals surface area contributed by atoms with Gasteiger partial charge in [0.15, 0.2) is 0 Å². The van der Waals surface area contributed by atoms with Crippen LogP contribution in [0.25, 0.3) is 91.8 Å². The van der Waals surface area contributed by atoms with E-state index in [1.54, 1.807) is 0 Å². The third kappa shape index (κ3) is 5.64. The molecule has 1 aliphatic carbocycles. The summed E-state index contributed by atoms with van der Waals surface area (Å²) in [5, 5.41) is 7.59. The second-order valence-corrected chi connectivity index (χ2v) is 18.8. The first-order chi connectivity index (χ1) is 31.5. The van der Waals surface area contributed by atoms with Gasteiger partial charge in [0.25, 0.3) is 0 Å². The Labute approximate surface area is 376 Å². The number of hydrogen-bond acceptors (Lipinski definition) is 2. The van der Waals surface area contributed by atoms with Crippen LogP contribution in [0, 0.1) is 0 Å². The van der Waals surface area contributed by atoms with E-state index >= 15 is 0 Å². The molecule has 0 saturated carbocycles. The summed E-state index contributed by atoms with van der Waals surface area (Å²) in [6.07, 6.45) is 0. The lowest BCUT2D eigenvalue weighted by atomic mass is 9.82. The lowest BCUT2D eigenvalue weighted by Crippen LogP contribution is -2.15. The lowest BCUT2D eigenvalue weighted by molar-refractivity contribution is 0.660. The van der Waals surface area contributed by atoms with Crippen molar-refractivity contribution in [1.82, 2.24) is 4.57 Å². The van der Waals surface area contributed by atoms with Crippen molar-refractivity contribution in [3.05, 3.63) is 230 Å². The van der Waals surface area contributed by atoms with Crippen molar-refractivity contribution in [3.8, 4) is 39.1 Å². The molecule has 3 heteroatoms. The number of thiophene rings is 1. The van der Waals surface area contributed by atoms with Crippen LogP contribution in [0.3, 0.4) is 0 Å². The van der Waals surface area contributed by atoms with Crippen molar-refractivity contribution in [2.45, 2.75) is 19.3 Å². The summed E-state index contributed by atoms with van der Waals surface area (Å²) >= 11 is 1.86. The van der Waals surface area contributed by atoms with E-state index in [9.17, 15) is 0 Å². The Kier molecular flexibility index (Phi) is 8.16. The molecule has 64 heavy (non-hydrogen) atoms. The van der Waals surface area contributed by atoms with Gasteiger partial charge in [0.2, 0.25) is 0 Å². The van der Waals surface area contributed by atoms with E-state index in [4.69, 9.17) is 0 Å². The molecule has 0 atom stereocenters. The van der Waals surface area contributed by atoms with Crippen molar-refractivity contribution >= 4 is 81.1 Å². The van der Waals surface area contributed by atoms with Crippen LogP contribution in [0.15, 0.2) is 218 Å². The highest BCUT2D eigenvalue weighted by Crippen LogP contribution is 2.50. The van der Waals surface area contributed by atoms with Crippen LogP contribution in [-0.4, -0.2) is 4.57 Å². The summed E-state index contributed by atoms with van der Waals surface area (Å²) < 4.78 is 5.11. The average Bonchev–Trinajstić information content (AvgIpc) is 3.97. The Balaban J connectivity index is 0.883. The lowest BCUT2D eigenvalue weighted by Gasteiger charge is -2.27. The number of para-hydroxylation sites is 1. The molecule has 2 nitrogen and oxygen atoms in total. The van der Waals surface area contributed by atoms with Gasteiger partial charge < -0.3 is 9.47 Å². The van der Waals surface area contributed by atoms with Gasteiger partial charge in [-0.1, -0.05) is 153 Å². The van der Waals surface area contributed by atoms with Gasteiger partial charge in [-0.2, -0.15) is 0 Å². The van der Waals surface area contributed by atoms with Crippen molar-refractivity contribution < 1.29 is 0 Å². The fourth-order valence-corrected chi connectivity index (χ4v) is 11.7. The molecule has 0 bridgehead atoms. The molecule has 13 rings (SSSR count). The van der Waals surface area contributed by atoms with Crippen molar-refractivity contribution in [2.75, 3.05) is 4.90 Å². The topological polar surface area (TPSA) is 8.17 Å². The van der Waals surface area contributed by atoms with Crippen LogP contribution < -0.4 is 4.90 Å². The third-order valence-electron chi connectivity index (χ3n) is 13.8. The van der Waals surface area contributed by atoms with Gasteiger partial charge in [-0.05, 0) is 129 Å². The highest BCUT2D eigenvalue weighted by Gasteiger charge is 2.35. The first kappa shape index (κ1) is 36.9. The molecular weight excluding hydrogens is 793 g/mol. The van der Waals surface area contributed by atoms with Crippen molar-refractivity contribution in [1.29, 1.82) is 0 Å². The maximum atomic E-state index is 2.45. The molecule has 2 aromatic heterocycles. The molecule has 0 amide bonds. The molecule has 1 aliphatic rings. The molecule has 0 N–H and O–H groups in total. The van der Waals surface area contributed by atoms with E-state index in [0.717, 1.165) is 17.1 Å². The molecule has 0 radical (unpaired) electrons. The minimum atomic E-state index is -0.0672. The third-order valence-corrected chi connectivity index (χ3v) is 15.0. The molecule has 2 heterocycles. The van der Waals surface area contributed by atoms with Crippen LogP contribution in [0.1, 0.15) is 25.0 Å². The Morgan fingerprint density at radius 2 is 0.969 bits per heavy atom. The van der Waals surface area contributed by atoms with Crippen LogP contribution >= 0.6 is 11.3 Å². The molecule has 0 aliphatic heterocycles. The molecule has 0 spiro atoms. The van der Waals surface area contributed by atoms with Crippen molar-refractivity contribution in [2.24, 2.45) is 0 Å². The van der Waals surface area contributed by atoms with Gasteiger partial charge in [0, 0.05) is 58.8 Å². The predicted molar refractivity (Wildman–Crippen MR) is 274 cm³/mol. The number of rotatable bonds is 6. The summed E-state index contributed by atoms with van der Waals surface area (Å²) in [5.41, 5.74) is 17.2. The second-order valence-electron chi connectivity index (χ2n) is 17.7. The minimum absolute atomic E-state index is 0.0672. The first-order valence-corrected chi connectivity index (χ1v) is 23.0. The van der Waals surface area contributed by atoms with E-state index < -0.39 is 0 Å². The van der Waals surface area contributed by atoms with Gasteiger partial charge in [0.1, 0.15) is 0 Å². The zero-order chi connectivity index (χ0) is 42.5. The maximum absolute atomic E-state index is 2.45. The maximum Gasteiger partial charge on any atom is 0.0541 e. The summed E-state index contributed by atoms with van der Waals surface area (Å²) in [6, 6.07) is 80.9. The van der Waals surface area contributed by atoms with Gasteiger partial charge in [-0.25, -0.2) is 0 Å². The fourth-order valence-electron chi connectivity index (χ4n) is 10.6. The number of benzene rings is 10. The summed E-state index contributed by atoms with van der Waals surface area (Å²) in [4.78, 5) is 2.40. The van der Waals surface area contributed by atoms with Crippen LogP contribution in [0.5, 0.6) is 0 Å². The highest BCUT2D eigenvalue weighted by atomic mass is 32.1. The number of hydrogen-bond donors (Lipinski definition) is 0. The van der Waals surface area contributed by atoms with Crippen LogP contribution in [0.4, 0.5) is 17.1 Å². The summed E-state index contributed by atoms with van der Waals surface area (Å²) in [6.45, 7) is 4.72. The SMILES string of the molecule is CC1(C)c2ccccc2-c2ccc(-n3c4ccccc4c4cc(-c5ccc(N(c6ccc(-c7ccc8sc9ccccc9c8c7)cc6)c6cccc7ccccc67)cc5)ccc43)cc21. The number of fused-ring (bicyclic) bond motifs is 10. The van der Waals surface area contributed by atoms with Gasteiger partial charge >= 0.3 is 0 Å². The van der Waals surface area contributed by atoms with E-state index in [1.165, 1.54) is 103 Å². The molecule has 12 aromatic rings. The Morgan fingerprint density at radius 3 is 1.77 bits per heavy atom. The summed E-state index contributed by atoms with van der Waals surface area (Å²) in [5.74, 6) is 0. The smallest absolute Gasteiger partial charge is 0.0541 e. The van der Waals surface area contributed by atoms with E-state index in [1.807, 2.05) is 11.3 Å². The quantitative estimate of drug-likeness (QED) is 0.162. The average molecular weight is 835 g/mol. The van der Waals surface area contributed by atoms with E-state index in [-0.39, 0.29) is 5.41 Å². The van der Waals surface area contributed by atoms with Gasteiger partial charge in [-0.3, -0.25) is 0 Å². The summed E-state index contributed by atoms with van der Waals surface area (Å²) in [7, 11) is 0. The molecule has 0 unspecified atom stereocenters. The first-order valence-electron chi connectivity index (χ1n) is 22.2. The fraction of sp³-hybridized carbons (Fsp3) is 0.0492. The predicted octanol–water partition coefficient (Wildman–Crippen LogP) is 17.4. The largest absolute Gasteiger partial charge is 0.310 e. The zero-order valence-corrected chi connectivity index (χ0v) is 36.4. The van der Waals surface area contributed by atoms with Crippen LogP contribution in [-0.2, 0) is 5.41 Å². The Morgan fingerprint density at radius 1 is 0.391 bits per heavy atom. The zero-order valence-electron chi connectivity index (χ0n) is 35.6. The standard InChI is InChI=1S/C61H42N2S/c1-61(2)54-18-8-5-15-48(54)49-33-32-46(38-55(49)61)63-57-19-9-6-16-50(57)52-36-42(26-34-58(52)63)39-22-28-44(29-23-39)62(56-20-11-13-41-12-3-4-14-47(41)56)45-30-24-40(25-31-45)43-27-35-60-53(37-43)51-17-7-10-21-59(51)64-60/h3-38H,1-2H3. The monoisotopic (exact) mass is 834 g/mol. The van der Waals surface area contributed by atoms with Gasteiger partial charge in [0.05, 0.1) is 16.7 Å². The number of nitrogens with zero attached hydrogens (tertiary/aromatic N) is 2. The van der Waals surface area contributed by atoms with E-state index in [2.05, 4.69) is 242 Å². The van der Waals surface area contributed by atoms with Crippen LogP contribution in [0.2, 0.25) is 0 Å².